The number of methoxy groups -OCH3 is 1. The molecule has 3 N–H and O–H groups in total. The predicted octanol–water partition coefficient (Wildman–Crippen LogP) is 3.34. The molecule has 2 aromatic rings. The zero-order valence-corrected chi connectivity index (χ0v) is 19.7. The molecule has 0 radical (unpaired) electrons. The van der Waals surface area contributed by atoms with Crippen LogP contribution >= 0.6 is 0 Å². The van der Waals surface area contributed by atoms with E-state index in [1.807, 2.05) is 38.1 Å². The summed E-state index contributed by atoms with van der Waals surface area (Å²) >= 11 is 0. The van der Waals surface area contributed by atoms with E-state index in [1.165, 1.54) is 13.2 Å². The molecule has 0 aliphatic carbocycles. The summed E-state index contributed by atoms with van der Waals surface area (Å²) < 4.78 is 9.93. The van der Waals surface area contributed by atoms with Gasteiger partial charge in [-0.1, -0.05) is 26.0 Å². The summed E-state index contributed by atoms with van der Waals surface area (Å²) in [5.41, 5.74) is 8.53. The van der Waals surface area contributed by atoms with Crippen LogP contribution < -0.4 is 15.5 Å². The van der Waals surface area contributed by atoms with Crippen molar-refractivity contribution in [3.05, 3.63) is 59.2 Å². The predicted molar refractivity (Wildman–Crippen MR) is 129 cm³/mol. The molecule has 0 aromatic heterocycles. The van der Waals surface area contributed by atoms with Gasteiger partial charge in [0.25, 0.3) is 0 Å². The Kier molecular flexibility index (Phi) is 7.88. The van der Waals surface area contributed by atoms with Crippen LogP contribution in [-0.4, -0.2) is 50.6 Å². The molecule has 9 nitrogen and oxygen atoms in total. The van der Waals surface area contributed by atoms with Gasteiger partial charge in [-0.05, 0) is 48.2 Å². The summed E-state index contributed by atoms with van der Waals surface area (Å²) in [5.74, 6) is -0.806. The number of nitrogens with zero attached hydrogens (tertiary/aromatic N) is 2. The van der Waals surface area contributed by atoms with Crippen molar-refractivity contribution in [1.82, 2.24) is 0 Å². The molecule has 0 saturated carbocycles. The van der Waals surface area contributed by atoms with Crippen molar-refractivity contribution in [2.45, 2.75) is 26.7 Å². The number of benzene rings is 2. The zero-order valence-electron chi connectivity index (χ0n) is 19.7. The molecular weight excluding hydrogens is 436 g/mol. The largest absolute Gasteiger partial charge is 0.469 e. The summed E-state index contributed by atoms with van der Waals surface area (Å²) in [6.45, 7) is 5.03. The Morgan fingerprint density at radius 2 is 1.76 bits per heavy atom. The van der Waals surface area contributed by atoms with Crippen LogP contribution in [0.25, 0.3) is 0 Å². The maximum Gasteiger partial charge on any atom is 0.338 e. The smallest absolute Gasteiger partial charge is 0.338 e. The normalized spacial score (nSPS) is 13.4. The van der Waals surface area contributed by atoms with Crippen LogP contribution in [-0.2, 0) is 20.7 Å². The lowest BCUT2D eigenvalue weighted by Crippen LogP contribution is -2.33. The molecule has 1 saturated heterocycles. The maximum atomic E-state index is 13.2. The fraction of sp³-hybridized carbons (Fsp3) is 0.360. The third kappa shape index (κ3) is 5.72. The van der Waals surface area contributed by atoms with Crippen LogP contribution in [0.3, 0.4) is 0 Å². The highest BCUT2D eigenvalue weighted by molar-refractivity contribution is 6.11. The topological polar surface area (TPSA) is 126 Å². The van der Waals surface area contributed by atoms with E-state index >= 15 is 0 Å². The highest BCUT2D eigenvalue weighted by atomic mass is 16.5. The molecule has 2 amide bonds. The van der Waals surface area contributed by atoms with Crippen molar-refractivity contribution < 1.29 is 23.9 Å². The Morgan fingerprint density at radius 1 is 1.09 bits per heavy atom. The van der Waals surface area contributed by atoms with Gasteiger partial charge in [0, 0.05) is 30.8 Å². The molecule has 2 aromatic carbocycles. The van der Waals surface area contributed by atoms with Crippen molar-refractivity contribution in [2.75, 3.05) is 36.6 Å². The lowest BCUT2D eigenvalue weighted by molar-refractivity contribution is -0.140. The van der Waals surface area contributed by atoms with E-state index in [4.69, 9.17) is 15.9 Å². The number of urea groups is 1. The number of carbonyl (C=O) groups is 3. The average Bonchev–Trinajstić information content (AvgIpc) is 3.21. The van der Waals surface area contributed by atoms with Gasteiger partial charge in [-0.3, -0.25) is 20.0 Å². The van der Waals surface area contributed by atoms with Crippen LogP contribution in [0, 0.1) is 11.3 Å². The van der Waals surface area contributed by atoms with Crippen molar-refractivity contribution in [1.29, 1.82) is 5.41 Å². The lowest BCUT2D eigenvalue weighted by Gasteiger charge is -2.21. The molecule has 1 heterocycles. The quantitative estimate of drug-likeness (QED) is 0.332. The number of amides is 2. The number of aryl methyl sites for hydroxylation is 1. The van der Waals surface area contributed by atoms with Crippen molar-refractivity contribution in [3.63, 3.8) is 0 Å². The van der Waals surface area contributed by atoms with Crippen LogP contribution in [0.1, 0.15) is 41.8 Å². The van der Waals surface area contributed by atoms with Gasteiger partial charge in [-0.25, -0.2) is 9.59 Å². The lowest BCUT2D eigenvalue weighted by atomic mass is 10.1. The van der Waals surface area contributed by atoms with Crippen LogP contribution in [0.15, 0.2) is 42.5 Å². The Labute approximate surface area is 198 Å². The minimum Gasteiger partial charge on any atom is -0.469 e. The maximum absolute atomic E-state index is 13.2. The monoisotopic (exact) mass is 466 g/mol. The van der Waals surface area contributed by atoms with Crippen molar-refractivity contribution >= 4 is 35.2 Å². The second kappa shape index (κ2) is 10.8. The fourth-order valence-electron chi connectivity index (χ4n) is 3.63. The molecule has 0 unspecified atom stereocenters. The highest BCUT2D eigenvalue weighted by Crippen LogP contribution is 2.29. The molecular formula is C25H30N4O5. The molecule has 0 bridgehead atoms. The Balaban J connectivity index is 1.76. The SMILES string of the molecule is COC(=O)CCc1ccc(N2CCN(c3ccc(C(=O)OCC(C)C)cc3C(=N)N)C2=O)cc1. The summed E-state index contributed by atoms with van der Waals surface area (Å²) in [5, 5.41) is 7.98. The standard InChI is InChI=1S/C25H30N4O5/c1-16(2)15-34-24(31)18-7-10-21(20(14-18)23(26)27)29-13-12-28(25(29)32)19-8-4-17(5-9-19)6-11-22(30)33-3/h4-5,7-10,14,16H,6,11-13,15H2,1-3H3,(H3,26,27). The van der Waals surface area contributed by atoms with E-state index in [1.54, 1.807) is 21.9 Å². The average molecular weight is 467 g/mol. The first-order chi connectivity index (χ1) is 16.2. The summed E-state index contributed by atoms with van der Waals surface area (Å²) in [4.78, 5) is 40.1. The summed E-state index contributed by atoms with van der Waals surface area (Å²) in [7, 11) is 1.36. The summed E-state index contributed by atoms with van der Waals surface area (Å²) in [6, 6.07) is 11.9. The minimum atomic E-state index is -0.496. The number of ether oxygens (including phenoxy) is 2. The molecule has 1 aliphatic rings. The number of nitrogens with two attached hydrogens (primary N) is 1. The van der Waals surface area contributed by atoms with Crippen molar-refractivity contribution in [2.24, 2.45) is 11.7 Å². The van der Waals surface area contributed by atoms with Gasteiger partial charge in [-0.2, -0.15) is 0 Å². The van der Waals surface area contributed by atoms with Gasteiger partial charge in [0.1, 0.15) is 5.84 Å². The summed E-state index contributed by atoms with van der Waals surface area (Å²) in [6.07, 6.45) is 0.849. The fourth-order valence-corrected chi connectivity index (χ4v) is 3.63. The zero-order chi connectivity index (χ0) is 24.8. The van der Waals surface area contributed by atoms with Gasteiger partial charge in [0.2, 0.25) is 0 Å². The molecule has 34 heavy (non-hydrogen) atoms. The first-order valence-electron chi connectivity index (χ1n) is 11.1. The third-order valence-corrected chi connectivity index (χ3v) is 5.46. The van der Waals surface area contributed by atoms with E-state index in [-0.39, 0.29) is 35.9 Å². The minimum absolute atomic E-state index is 0.200. The van der Waals surface area contributed by atoms with Gasteiger partial charge in [-0.15, -0.1) is 0 Å². The van der Waals surface area contributed by atoms with Crippen LogP contribution in [0.2, 0.25) is 0 Å². The molecule has 3 rings (SSSR count). The van der Waals surface area contributed by atoms with Crippen molar-refractivity contribution in [3.8, 4) is 0 Å². The van der Waals surface area contributed by atoms with Gasteiger partial charge >= 0.3 is 18.0 Å². The van der Waals surface area contributed by atoms with E-state index < -0.39 is 5.97 Å². The van der Waals surface area contributed by atoms with Gasteiger partial charge < -0.3 is 15.2 Å². The molecule has 1 fully saturated rings. The van der Waals surface area contributed by atoms with E-state index in [9.17, 15) is 14.4 Å². The number of hydrogen-bond donors (Lipinski definition) is 2. The third-order valence-electron chi connectivity index (χ3n) is 5.46. The number of hydrogen-bond acceptors (Lipinski definition) is 6. The Hall–Kier alpha value is -3.88. The van der Waals surface area contributed by atoms with Crippen LogP contribution in [0.4, 0.5) is 16.2 Å². The van der Waals surface area contributed by atoms with E-state index in [2.05, 4.69) is 4.74 Å². The molecule has 9 heteroatoms. The highest BCUT2D eigenvalue weighted by Gasteiger charge is 2.32. The Morgan fingerprint density at radius 3 is 2.38 bits per heavy atom. The second-order valence-electron chi connectivity index (χ2n) is 8.47. The molecule has 1 aliphatic heterocycles. The number of nitrogens with one attached hydrogen (secondary N) is 1. The molecule has 0 spiro atoms. The number of rotatable bonds is 9. The molecule has 180 valence electrons. The second-order valence-corrected chi connectivity index (χ2v) is 8.47. The number of anilines is 2. The van der Waals surface area contributed by atoms with Gasteiger partial charge in [0.05, 0.1) is 25.0 Å². The number of nitrogen functional groups attached to an aromatic ring is 1. The first-order valence-corrected chi connectivity index (χ1v) is 11.1. The van der Waals surface area contributed by atoms with Gasteiger partial charge in [0.15, 0.2) is 0 Å². The van der Waals surface area contributed by atoms with E-state index in [0.29, 0.717) is 37.2 Å². The number of amidine groups is 1. The number of esters is 2. The number of carbonyl (C=O) groups excluding carboxylic acids is 3. The Bertz CT molecular complexity index is 1080. The van der Waals surface area contributed by atoms with Crippen LogP contribution in [0.5, 0.6) is 0 Å². The molecule has 0 atom stereocenters. The van der Waals surface area contributed by atoms with E-state index in [0.717, 1.165) is 11.3 Å². The first kappa shape index (κ1) is 24.8.